The summed E-state index contributed by atoms with van der Waals surface area (Å²) in [7, 11) is 1.53. The number of hydrogen-bond donors (Lipinski definition) is 2. The number of piperazine rings is 1. The topological polar surface area (TPSA) is 97.0 Å². The van der Waals surface area contributed by atoms with Crippen LogP contribution in [-0.2, 0) is 14.3 Å². The summed E-state index contributed by atoms with van der Waals surface area (Å²) in [4.78, 5) is 38.3. The van der Waals surface area contributed by atoms with Crippen molar-refractivity contribution in [3.05, 3.63) is 28.2 Å². The van der Waals surface area contributed by atoms with Crippen LogP contribution in [0.25, 0.3) is 0 Å². The fourth-order valence-electron chi connectivity index (χ4n) is 2.68. The van der Waals surface area contributed by atoms with Gasteiger partial charge in [-0.05, 0) is 60.2 Å². The van der Waals surface area contributed by atoms with Gasteiger partial charge >= 0.3 is 5.97 Å². The second-order valence-electron chi connectivity index (χ2n) is 6.35. The van der Waals surface area contributed by atoms with Crippen molar-refractivity contribution in [1.29, 1.82) is 0 Å². The summed E-state index contributed by atoms with van der Waals surface area (Å²) in [5, 5.41) is 5.40. The van der Waals surface area contributed by atoms with E-state index in [4.69, 9.17) is 21.7 Å². The minimum Gasteiger partial charge on any atom is -0.496 e. The number of thiocarbonyl (C=S) groups is 1. The molecule has 1 fully saturated rings. The molecule has 1 unspecified atom stereocenters. The van der Waals surface area contributed by atoms with Crippen molar-refractivity contribution in [3.8, 4) is 5.75 Å². The van der Waals surface area contributed by atoms with E-state index in [1.165, 1.54) is 12.0 Å². The molecule has 1 saturated heterocycles. The molecule has 1 heterocycles. The van der Waals surface area contributed by atoms with E-state index < -0.39 is 17.9 Å². The van der Waals surface area contributed by atoms with Crippen molar-refractivity contribution < 1.29 is 23.9 Å². The molecule has 28 heavy (non-hydrogen) atoms. The number of hydrogen-bond acceptors (Lipinski definition) is 6. The Morgan fingerprint density at radius 2 is 2.14 bits per heavy atom. The van der Waals surface area contributed by atoms with Crippen LogP contribution >= 0.6 is 28.1 Å². The maximum absolute atomic E-state index is 12.5. The smallest absolute Gasteiger partial charge is 0.308 e. The van der Waals surface area contributed by atoms with Gasteiger partial charge in [-0.2, -0.15) is 0 Å². The van der Waals surface area contributed by atoms with Crippen molar-refractivity contribution in [2.45, 2.75) is 32.4 Å². The second kappa shape index (κ2) is 9.83. The Morgan fingerprint density at radius 3 is 2.75 bits per heavy atom. The van der Waals surface area contributed by atoms with Crippen LogP contribution < -0.4 is 15.4 Å². The van der Waals surface area contributed by atoms with Crippen molar-refractivity contribution in [3.63, 3.8) is 0 Å². The SMILES string of the molecule is COc1ccc(C(=O)NC(=S)N2CCNC(=O)C2CC(=O)OC(C)C)cc1Br. The van der Waals surface area contributed by atoms with E-state index in [1.807, 2.05) is 0 Å². The molecule has 0 bridgehead atoms. The van der Waals surface area contributed by atoms with Crippen LogP contribution in [0.15, 0.2) is 22.7 Å². The second-order valence-corrected chi connectivity index (χ2v) is 7.59. The minimum atomic E-state index is -0.838. The molecule has 0 aromatic heterocycles. The van der Waals surface area contributed by atoms with Crippen LogP contribution in [0.5, 0.6) is 5.75 Å². The number of carbonyl (C=O) groups excluding carboxylic acids is 3. The standard InChI is InChI=1S/C18H22BrN3O5S/c1-10(2)27-15(23)9-13-17(25)20-6-7-22(13)18(28)21-16(24)11-4-5-14(26-3)12(19)8-11/h4-5,8,10,13H,6-7,9H2,1-3H3,(H,20,25)(H,21,24,28). The monoisotopic (exact) mass is 471 g/mol. The number of methoxy groups -OCH3 is 1. The van der Waals surface area contributed by atoms with Gasteiger partial charge in [-0.3, -0.25) is 19.7 Å². The normalized spacial score (nSPS) is 16.4. The maximum atomic E-state index is 12.5. The maximum Gasteiger partial charge on any atom is 0.308 e. The molecule has 1 aromatic carbocycles. The molecule has 1 aromatic rings. The number of esters is 1. The predicted octanol–water partition coefficient (Wildman–Crippen LogP) is 1.61. The Morgan fingerprint density at radius 1 is 1.43 bits per heavy atom. The first kappa shape index (κ1) is 22.1. The molecule has 152 valence electrons. The van der Waals surface area contributed by atoms with Crippen molar-refractivity contribution in [1.82, 2.24) is 15.5 Å². The molecule has 2 amide bonds. The Labute approximate surface area is 177 Å². The highest BCUT2D eigenvalue weighted by Gasteiger charge is 2.34. The molecular formula is C18H22BrN3O5S. The van der Waals surface area contributed by atoms with Gasteiger partial charge in [0.1, 0.15) is 11.8 Å². The number of ether oxygens (including phenoxy) is 2. The molecule has 2 rings (SSSR count). The summed E-state index contributed by atoms with van der Waals surface area (Å²) >= 11 is 8.66. The van der Waals surface area contributed by atoms with Gasteiger partial charge in [-0.25, -0.2) is 0 Å². The number of carbonyl (C=O) groups is 3. The van der Waals surface area contributed by atoms with Gasteiger partial charge in [0.25, 0.3) is 5.91 Å². The van der Waals surface area contributed by atoms with Crippen molar-refractivity contribution >= 4 is 51.0 Å². The minimum absolute atomic E-state index is 0.0779. The van der Waals surface area contributed by atoms with Crippen LogP contribution in [-0.4, -0.2) is 60.1 Å². The lowest BCUT2D eigenvalue weighted by atomic mass is 10.1. The number of amides is 2. The Bertz CT molecular complexity index is 786. The summed E-state index contributed by atoms with van der Waals surface area (Å²) in [5.41, 5.74) is 0.368. The molecule has 1 atom stereocenters. The Hall–Kier alpha value is -2.20. The predicted molar refractivity (Wildman–Crippen MR) is 110 cm³/mol. The molecule has 1 aliphatic rings. The van der Waals surface area contributed by atoms with Gasteiger partial charge in [-0.15, -0.1) is 0 Å². The van der Waals surface area contributed by atoms with E-state index in [9.17, 15) is 14.4 Å². The molecule has 0 aliphatic carbocycles. The van der Waals surface area contributed by atoms with Gasteiger partial charge in [0.2, 0.25) is 5.91 Å². The van der Waals surface area contributed by atoms with Crippen LogP contribution in [0.2, 0.25) is 0 Å². The van der Waals surface area contributed by atoms with Crippen LogP contribution in [0, 0.1) is 0 Å². The largest absolute Gasteiger partial charge is 0.496 e. The molecule has 2 N–H and O–H groups in total. The first-order valence-electron chi connectivity index (χ1n) is 8.65. The van der Waals surface area contributed by atoms with Crippen molar-refractivity contribution in [2.24, 2.45) is 0 Å². The van der Waals surface area contributed by atoms with E-state index >= 15 is 0 Å². The van der Waals surface area contributed by atoms with Gasteiger partial charge in [0.15, 0.2) is 5.11 Å². The van der Waals surface area contributed by atoms with Gasteiger partial charge < -0.3 is 19.7 Å². The number of nitrogens with zero attached hydrogens (tertiary/aromatic N) is 1. The first-order valence-corrected chi connectivity index (χ1v) is 9.85. The first-order chi connectivity index (χ1) is 13.2. The molecule has 10 heteroatoms. The lowest BCUT2D eigenvalue weighted by Gasteiger charge is -2.36. The number of rotatable bonds is 5. The molecule has 0 spiro atoms. The number of benzene rings is 1. The third-order valence-corrected chi connectivity index (χ3v) is 4.91. The molecule has 0 saturated carbocycles. The summed E-state index contributed by atoms with van der Waals surface area (Å²) in [5.74, 6) is -0.676. The van der Waals surface area contributed by atoms with Gasteiger partial charge in [0.05, 0.1) is 24.1 Å². The number of nitrogens with one attached hydrogen (secondary N) is 2. The van der Waals surface area contributed by atoms with Gasteiger partial charge in [0, 0.05) is 18.7 Å². The summed E-state index contributed by atoms with van der Waals surface area (Å²) < 4.78 is 10.9. The van der Waals surface area contributed by atoms with E-state index in [2.05, 4.69) is 26.6 Å². The highest BCUT2D eigenvalue weighted by atomic mass is 79.9. The highest BCUT2D eigenvalue weighted by molar-refractivity contribution is 9.10. The third kappa shape index (κ3) is 5.65. The molecule has 8 nitrogen and oxygen atoms in total. The summed E-state index contributed by atoms with van der Waals surface area (Å²) in [6, 6.07) is 4.02. The zero-order chi connectivity index (χ0) is 20.8. The molecule has 0 radical (unpaired) electrons. The van der Waals surface area contributed by atoms with Crippen LogP contribution in [0.4, 0.5) is 0 Å². The zero-order valence-electron chi connectivity index (χ0n) is 15.8. The van der Waals surface area contributed by atoms with E-state index in [0.29, 0.717) is 28.9 Å². The molecule has 1 aliphatic heterocycles. The third-order valence-electron chi connectivity index (χ3n) is 3.95. The van der Waals surface area contributed by atoms with Crippen LogP contribution in [0.1, 0.15) is 30.6 Å². The van der Waals surface area contributed by atoms with E-state index in [1.54, 1.807) is 32.0 Å². The Kier molecular flexibility index (Phi) is 7.76. The molecular weight excluding hydrogens is 450 g/mol. The lowest BCUT2D eigenvalue weighted by Crippen LogP contribution is -2.60. The fraction of sp³-hybridized carbons (Fsp3) is 0.444. The average Bonchev–Trinajstić information content (AvgIpc) is 2.62. The van der Waals surface area contributed by atoms with Crippen molar-refractivity contribution in [2.75, 3.05) is 20.2 Å². The lowest BCUT2D eigenvalue weighted by molar-refractivity contribution is -0.150. The van der Waals surface area contributed by atoms with E-state index in [-0.39, 0.29) is 23.5 Å². The van der Waals surface area contributed by atoms with Gasteiger partial charge in [-0.1, -0.05) is 0 Å². The Balaban J connectivity index is 2.09. The zero-order valence-corrected chi connectivity index (χ0v) is 18.2. The average molecular weight is 472 g/mol. The highest BCUT2D eigenvalue weighted by Crippen LogP contribution is 2.25. The van der Waals surface area contributed by atoms with E-state index in [0.717, 1.165) is 0 Å². The number of halogens is 1. The quantitative estimate of drug-likeness (QED) is 0.497. The summed E-state index contributed by atoms with van der Waals surface area (Å²) in [6.07, 6.45) is -0.443. The summed E-state index contributed by atoms with van der Waals surface area (Å²) in [6.45, 7) is 4.19. The fourth-order valence-corrected chi connectivity index (χ4v) is 3.53. The van der Waals surface area contributed by atoms with Crippen LogP contribution in [0.3, 0.4) is 0 Å².